The zero-order valence-corrected chi connectivity index (χ0v) is 17.0. The van der Waals surface area contributed by atoms with Crippen molar-refractivity contribution >= 4 is 39.9 Å². The van der Waals surface area contributed by atoms with Gasteiger partial charge < -0.3 is 19.9 Å². The molecule has 3 N–H and O–H groups in total. The van der Waals surface area contributed by atoms with Gasteiger partial charge in [0.2, 0.25) is 0 Å². The van der Waals surface area contributed by atoms with E-state index in [4.69, 9.17) is 0 Å². The predicted octanol–water partition coefficient (Wildman–Crippen LogP) is 3.31. The Morgan fingerprint density at radius 1 is 1.10 bits per heavy atom. The van der Waals surface area contributed by atoms with Crippen molar-refractivity contribution in [2.45, 2.75) is 10.8 Å². The Labute approximate surface area is 173 Å². The third-order valence-electron chi connectivity index (χ3n) is 3.89. The van der Waals surface area contributed by atoms with Crippen LogP contribution in [-0.2, 0) is 22.3 Å². The molecule has 0 radical (unpaired) electrons. The van der Waals surface area contributed by atoms with Gasteiger partial charge in [0.15, 0.2) is 11.0 Å². The first-order valence-electron chi connectivity index (χ1n) is 8.49. The Hall–Kier alpha value is -3.17. The average molecular weight is 431 g/mol. The lowest BCUT2D eigenvalue weighted by Gasteiger charge is -2.07. The number of esters is 1. The molecule has 1 heterocycles. The Morgan fingerprint density at radius 2 is 1.86 bits per heavy atom. The van der Waals surface area contributed by atoms with Gasteiger partial charge in [-0.1, -0.05) is 18.2 Å². The zero-order chi connectivity index (χ0) is 20.8. The molecule has 0 aliphatic carbocycles. The van der Waals surface area contributed by atoms with Gasteiger partial charge in [-0.2, -0.15) is 0 Å². The fourth-order valence-corrected chi connectivity index (χ4v) is 4.50. The van der Waals surface area contributed by atoms with Gasteiger partial charge in [-0.05, 0) is 36.4 Å². The molecule has 0 saturated carbocycles. The van der Waals surface area contributed by atoms with Gasteiger partial charge in [-0.3, -0.25) is 4.79 Å². The minimum absolute atomic E-state index is 0.0244. The number of phenols is 1. The van der Waals surface area contributed by atoms with Crippen LogP contribution < -0.4 is 10.0 Å². The monoisotopic (exact) mass is 430 g/mol. The molecule has 150 valence electrons. The highest BCUT2D eigenvalue weighted by atomic mass is 32.2. The summed E-state index contributed by atoms with van der Waals surface area (Å²) in [7, 11) is -0.341. The number of ether oxygens (including phenoxy) is 1. The smallest absolute Gasteiger partial charge is 0.341 e. The van der Waals surface area contributed by atoms with E-state index in [1.54, 1.807) is 36.4 Å². The summed E-state index contributed by atoms with van der Waals surface area (Å²) in [6.45, 7) is 0.324. The fourth-order valence-electron chi connectivity index (χ4n) is 2.45. The van der Waals surface area contributed by atoms with Gasteiger partial charge in [0, 0.05) is 16.5 Å². The Morgan fingerprint density at radius 3 is 2.55 bits per heavy atom. The van der Waals surface area contributed by atoms with Crippen LogP contribution in [0.4, 0.5) is 5.69 Å². The molecule has 0 spiro atoms. The molecule has 29 heavy (non-hydrogen) atoms. The first-order valence-corrected chi connectivity index (χ1v) is 10.5. The maximum absolute atomic E-state index is 12.5. The van der Waals surface area contributed by atoms with Gasteiger partial charge in [0.05, 0.1) is 19.3 Å². The predicted molar refractivity (Wildman–Crippen MR) is 111 cm³/mol. The second kappa shape index (κ2) is 9.35. The third kappa shape index (κ3) is 5.21. The second-order valence-electron chi connectivity index (χ2n) is 5.86. The number of hydrogen-bond acceptors (Lipinski definition) is 6. The summed E-state index contributed by atoms with van der Waals surface area (Å²) in [5.74, 6) is -1.11. The summed E-state index contributed by atoms with van der Waals surface area (Å²) in [5.41, 5.74) is 0.988. The first kappa shape index (κ1) is 20.6. The summed E-state index contributed by atoms with van der Waals surface area (Å²) in [4.78, 5) is 24.4. The quantitative estimate of drug-likeness (QED) is 0.499. The topological polar surface area (TPSA) is 105 Å². The van der Waals surface area contributed by atoms with Crippen molar-refractivity contribution < 1.29 is 23.6 Å². The lowest BCUT2D eigenvalue weighted by atomic mass is 10.2. The highest BCUT2D eigenvalue weighted by Gasteiger charge is 2.14. The molecule has 1 atom stereocenters. The van der Waals surface area contributed by atoms with E-state index in [1.165, 1.54) is 36.6 Å². The normalized spacial score (nSPS) is 11.5. The van der Waals surface area contributed by atoms with Crippen molar-refractivity contribution in [2.24, 2.45) is 0 Å². The number of hydrogen-bond donors (Lipinski definition) is 3. The Bertz CT molecular complexity index is 1050. The van der Waals surface area contributed by atoms with Gasteiger partial charge >= 0.3 is 5.97 Å². The molecular weight excluding hydrogens is 412 g/mol. The summed E-state index contributed by atoms with van der Waals surface area (Å²) in [6.07, 6.45) is 0. The molecule has 0 aliphatic heterocycles. The number of amides is 1. The summed E-state index contributed by atoms with van der Waals surface area (Å²) in [6, 6.07) is 16.6. The number of methoxy groups -OCH3 is 1. The van der Waals surface area contributed by atoms with Crippen molar-refractivity contribution in [1.82, 2.24) is 5.32 Å². The van der Waals surface area contributed by atoms with Crippen LogP contribution >= 0.6 is 11.3 Å². The third-order valence-corrected chi connectivity index (χ3v) is 6.40. The van der Waals surface area contributed by atoms with E-state index in [1.807, 2.05) is 6.07 Å². The minimum atomic E-state index is -1.56. The SMILES string of the molecule is COC(=O)c1ccc(NS(=O)c2ccc(CNC(=O)c3ccccc3)s2)cc1O. The van der Waals surface area contributed by atoms with Gasteiger partial charge in [-0.15, -0.1) is 11.3 Å². The number of aromatic hydroxyl groups is 1. The standard InChI is InChI=1S/C20H18N2O5S2/c1-27-20(25)16-9-7-14(11-17(16)23)22-29(26)18-10-8-15(28-18)12-21-19(24)13-5-3-2-4-6-13/h2-11,22-23H,12H2,1H3,(H,21,24). The molecule has 0 fully saturated rings. The van der Waals surface area contributed by atoms with Crippen LogP contribution in [-0.4, -0.2) is 28.3 Å². The number of carbonyl (C=O) groups is 2. The maximum atomic E-state index is 12.5. The Kier molecular flexibility index (Phi) is 6.63. The number of anilines is 1. The van der Waals surface area contributed by atoms with Crippen LogP contribution in [0.5, 0.6) is 5.75 Å². The number of phenolic OH excluding ortho intramolecular Hbond substituents is 1. The minimum Gasteiger partial charge on any atom is -0.507 e. The summed E-state index contributed by atoms with van der Waals surface area (Å²) >= 11 is 1.30. The lowest BCUT2D eigenvalue weighted by Crippen LogP contribution is -2.22. The number of carbonyl (C=O) groups excluding carboxylic acids is 2. The highest BCUT2D eigenvalue weighted by molar-refractivity contribution is 7.88. The molecule has 3 aromatic rings. The molecule has 1 amide bonds. The molecule has 0 saturated heterocycles. The van der Waals surface area contributed by atoms with Crippen LogP contribution in [0, 0.1) is 0 Å². The van der Waals surface area contributed by atoms with Crippen molar-refractivity contribution in [3.63, 3.8) is 0 Å². The first-order chi connectivity index (χ1) is 14.0. The molecule has 1 unspecified atom stereocenters. The number of benzene rings is 2. The average Bonchev–Trinajstić information content (AvgIpc) is 3.21. The van der Waals surface area contributed by atoms with E-state index in [0.717, 1.165) is 4.88 Å². The van der Waals surface area contributed by atoms with Gasteiger partial charge in [-0.25, -0.2) is 9.00 Å². The molecule has 0 aliphatic rings. The van der Waals surface area contributed by atoms with Gasteiger partial charge in [0.25, 0.3) is 5.91 Å². The van der Waals surface area contributed by atoms with E-state index in [0.29, 0.717) is 22.0 Å². The number of nitrogens with one attached hydrogen (secondary N) is 2. The van der Waals surface area contributed by atoms with E-state index in [2.05, 4.69) is 14.8 Å². The molecule has 9 heteroatoms. The van der Waals surface area contributed by atoms with Crippen LogP contribution in [0.1, 0.15) is 25.6 Å². The van der Waals surface area contributed by atoms with Crippen LogP contribution in [0.2, 0.25) is 0 Å². The van der Waals surface area contributed by atoms with Crippen LogP contribution in [0.3, 0.4) is 0 Å². The molecular formula is C20H18N2O5S2. The molecule has 1 aromatic heterocycles. The van der Waals surface area contributed by atoms with Crippen LogP contribution in [0.25, 0.3) is 0 Å². The second-order valence-corrected chi connectivity index (χ2v) is 8.47. The fraction of sp³-hybridized carbons (Fsp3) is 0.100. The van der Waals surface area contributed by atoms with Crippen molar-refractivity contribution in [2.75, 3.05) is 11.8 Å². The number of thiophene rings is 1. The highest BCUT2D eigenvalue weighted by Crippen LogP contribution is 2.26. The molecule has 2 aromatic carbocycles. The summed E-state index contributed by atoms with van der Waals surface area (Å²) in [5, 5.41) is 12.7. The largest absolute Gasteiger partial charge is 0.507 e. The lowest BCUT2D eigenvalue weighted by molar-refractivity contribution is 0.0597. The van der Waals surface area contributed by atoms with Crippen molar-refractivity contribution in [1.29, 1.82) is 0 Å². The summed E-state index contributed by atoms with van der Waals surface area (Å²) < 4.78 is 20.4. The van der Waals surface area contributed by atoms with Crippen LogP contribution in [0.15, 0.2) is 64.9 Å². The maximum Gasteiger partial charge on any atom is 0.341 e. The number of rotatable bonds is 7. The van der Waals surface area contributed by atoms with E-state index in [-0.39, 0.29) is 17.2 Å². The molecule has 3 rings (SSSR count). The Balaban J connectivity index is 1.60. The van der Waals surface area contributed by atoms with Crippen molar-refractivity contribution in [3.05, 3.63) is 76.7 Å². The van der Waals surface area contributed by atoms with E-state index in [9.17, 15) is 18.9 Å². The molecule has 0 bridgehead atoms. The van der Waals surface area contributed by atoms with E-state index < -0.39 is 17.0 Å². The van der Waals surface area contributed by atoms with Gasteiger partial charge in [0.1, 0.15) is 15.5 Å². The van der Waals surface area contributed by atoms with E-state index >= 15 is 0 Å². The molecule has 7 nitrogen and oxygen atoms in total. The van der Waals surface area contributed by atoms with Crippen molar-refractivity contribution in [3.8, 4) is 5.75 Å². The zero-order valence-electron chi connectivity index (χ0n) is 15.4.